The SMILES string of the molecule is CC(C)(C)OC(=O)N1C(=O)N=NC1=O. The second kappa shape index (κ2) is 3.17. The standard InChI is InChI=1S/C7H9N3O4/c1-7(2,3)14-6(13)10-4(11)8-9-5(10)12/h1-3H3. The van der Waals surface area contributed by atoms with E-state index in [4.69, 9.17) is 4.74 Å². The highest BCUT2D eigenvalue weighted by Crippen LogP contribution is 2.14. The van der Waals surface area contributed by atoms with Gasteiger partial charge in [-0.2, -0.15) is 0 Å². The monoisotopic (exact) mass is 199 g/mol. The van der Waals surface area contributed by atoms with E-state index in [0.717, 1.165) is 0 Å². The number of urea groups is 2. The first-order chi connectivity index (χ1) is 6.31. The fourth-order valence-corrected chi connectivity index (χ4v) is 0.721. The molecule has 76 valence electrons. The lowest BCUT2D eigenvalue weighted by molar-refractivity contribution is 0.0398. The van der Waals surface area contributed by atoms with Crippen LogP contribution in [0.2, 0.25) is 0 Å². The van der Waals surface area contributed by atoms with Gasteiger partial charge in [0.25, 0.3) is 0 Å². The Hall–Kier alpha value is -1.79. The third-order valence-corrected chi connectivity index (χ3v) is 1.18. The molecule has 1 aliphatic heterocycles. The highest BCUT2D eigenvalue weighted by atomic mass is 16.6. The molecular weight excluding hydrogens is 190 g/mol. The Labute approximate surface area is 79.7 Å². The Kier molecular flexibility index (Phi) is 2.33. The van der Waals surface area contributed by atoms with Gasteiger partial charge in [0.05, 0.1) is 0 Å². The molecule has 0 saturated heterocycles. The van der Waals surface area contributed by atoms with Gasteiger partial charge < -0.3 is 4.74 Å². The third-order valence-electron chi connectivity index (χ3n) is 1.18. The van der Waals surface area contributed by atoms with Crippen LogP contribution in [0.15, 0.2) is 10.2 Å². The van der Waals surface area contributed by atoms with Crippen LogP contribution in [-0.2, 0) is 4.74 Å². The molecule has 0 aromatic rings. The van der Waals surface area contributed by atoms with Crippen molar-refractivity contribution >= 4 is 18.2 Å². The summed E-state index contributed by atoms with van der Waals surface area (Å²) in [5.41, 5.74) is -0.778. The van der Waals surface area contributed by atoms with E-state index in [-0.39, 0.29) is 4.90 Å². The lowest BCUT2D eigenvalue weighted by atomic mass is 10.2. The average molecular weight is 199 g/mol. The number of nitrogens with zero attached hydrogens (tertiary/aromatic N) is 3. The average Bonchev–Trinajstić information content (AvgIpc) is 2.27. The minimum Gasteiger partial charge on any atom is -0.443 e. The summed E-state index contributed by atoms with van der Waals surface area (Å²) in [6.07, 6.45) is -1.06. The molecule has 1 aliphatic rings. The fraction of sp³-hybridized carbons (Fsp3) is 0.571. The van der Waals surface area contributed by atoms with Crippen LogP contribution in [0.5, 0.6) is 0 Å². The number of amides is 5. The van der Waals surface area contributed by atoms with E-state index in [1.165, 1.54) is 0 Å². The van der Waals surface area contributed by atoms with Crippen molar-refractivity contribution in [3.8, 4) is 0 Å². The van der Waals surface area contributed by atoms with E-state index in [1.807, 2.05) is 0 Å². The van der Waals surface area contributed by atoms with Crippen LogP contribution in [0.3, 0.4) is 0 Å². The lowest BCUT2D eigenvalue weighted by Crippen LogP contribution is -2.39. The summed E-state index contributed by atoms with van der Waals surface area (Å²) in [6.45, 7) is 4.85. The minimum absolute atomic E-state index is 0.241. The summed E-state index contributed by atoms with van der Waals surface area (Å²) in [5, 5.41) is 5.82. The topological polar surface area (TPSA) is 88.4 Å². The Morgan fingerprint density at radius 1 is 1.21 bits per heavy atom. The Morgan fingerprint density at radius 2 is 1.64 bits per heavy atom. The van der Waals surface area contributed by atoms with Gasteiger partial charge in [-0.1, -0.05) is 10.2 Å². The quantitative estimate of drug-likeness (QED) is 0.596. The first kappa shape index (κ1) is 10.3. The van der Waals surface area contributed by atoms with Gasteiger partial charge in [0.15, 0.2) is 0 Å². The van der Waals surface area contributed by atoms with E-state index < -0.39 is 23.8 Å². The highest BCUT2D eigenvalue weighted by Gasteiger charge is 2.37. The number of ether oxygens (including phenoxy) is 1. The van der Waals surface area contributed by atoms with Crippen molar-refractivity contribution in [1.82, 2.24) is 4.90 Å². The fourth-order valence-electron chi connectivity index (χ4n) is 0.721. The molecule has 7 nitrogen and oxygen atoms in total. The first-order valence-electron chi connectivity index (χ1n) is 3.84. The minimum atomic E-state index is -1.06. The van der Waals surface area contributed by atoms with E-state index in [0.29, 0.717) is 0 Å². The molecular formula is C7H9N3O4. The Bertz CT molecular complexity index is 310. The molecule has 0 aliphatic carbocycles. The third kappa shape index (κ3) is 2.12. The molecule has 0 saturated carbocycles. The zero-order valence-electron chi connectivity index (χ0n) is 7.97. The van der Waals surface area contributed by atoms with E-state index in [1.54, 1.807) is 20.8 Å². The van der Waals surface area contributed by atoms with Gasteiger partial charge >= 0.3 is 18.2 Å². The molecule has 0 bridgehead atoms. The molecule has 5 amide bonds. The highest BCUT2D eigenvalue weighted by molar-refractivity contribution is 6.10. The number of imide groups is 3. The summed E-state index contributed by atoms with van der Waals surface area (Å²) < 4.78 is 4.79. The maximum absolute atomic E-state index is 11.2. The Balaban J connectivity index is 2.72. The van der Waals surface area contributed by atoms with Crippen molar-refractivity contribution in [3.63, 3.8) is 0 Å². The van der Waals surface area contributed by atoms with E-state index in [2.05, 4.69) is 10.2 Å². The summed E-state index contributed by atoms with van der Waals surface area (Å²) >= 11 is 0. The van der Waals surface area contributed by atoms with Crippen molar-refractivity contribution < 1.29 is 19.1 Å². The van der Waals surface area contributed by atoms with E-state index in [9.17, 15) is 14.4 Å². The van der Waals surface area contributed by atoms with Gasteiger partial charge in [-0.25, -0.2) is 14.4 Å². The molecule has 14 heavy (non-hydrogen) atoms. The molecule has 0 radical (unpaired) electrons. The second-order valence-corrected chi connectivity index (χ2v) is 3.58. The predicted molar refractivity (Wildman–Crippen MR) is 43.7 cm³/mol. The molecule has 0 atom stereocenters. The number of hydrogen-bond donors (Lipinski definition) is 0. The maximum atomic E-state index is 11.2. The van der Waals surface area contributed by atoms with E-state index >= 15 is 0 Å². The normalized spacial score (nSPS) is 16.4. The van der Waals surface area contributed by atoms with Gasteiger partial charge in [-0.05, 0) is 20.8 Å². The van der Waals surface area contributed by atoms with Crippen molar-refractivity contribution in [2.24, 2.45) is 10.2 Å². The summed E-state index contributed by atoms with van der Waals surface area (Å²) in [5.74, 6) is 0. The number of hydrogen-bond acceptors (Lipinski definition) is 4. The van der Waals surface area contributed by atoms with Crippen molar-refractivity contribution in [2.45, 2.75) is 26.4 Å². The largest absolute Gasteiger partial charge is 0.443 e. The van der Waals surface area contributed by atoms with Gasteiger partial charge in [-0.15, -0.1) is 4.90 Å². The van der Waals surface area contributed by atoms with Crippen LogP contribution < -0.4 is 0 Å². The van der Waals surface area contributed by atoms with Crippen LogP contribution in [-0.4, -0.2) is 28.7 Å². The summed E-state index contributed by atoms with van der Waals surface area (Å²) in [4.78, 5) is 33.2. The van der Waals surface area contributed by atoms with Gasteiger partial charge in [-0.3, -0.25) is 0 Å². The molecule has 0 N–H and O–H groups in total. The first-order valence-corrected chi connectivity index (χ1v) is 3.84. The molecule has 0 aromatic carbocycles. The lowest BCUT2D eigenvalue weighted by Gasteiger charge is -2.21. The maximum Gasteiger partial charge on any atom is 0.427 e. The molecule has 7 heteroatoms. The zero-order valence-corrected chi connectivity index (χ0v) is 7.97. The predicted octanol–water partition coefficient (Wildman–Crippen LogP) is 1.93. The van der Waals surface area contributed by atoms with Crippen LogP contribution >= 0.6 is 0 Å². The van der Waals surface area contributed by atoms with Crippen LogP contribution in [0.1, 0.15) is 20.8 Å². The molecule has 0 spiro atoms. The van der Waals surface area contributed by atoms with Crippen molar-refractivity contribution in [2.75, 3.05) is 0 Å². The summed E-state index contributed by atoms with van der Waals surface area (Å²) in [7, 11) is 0. The summed E-state index contributed by atoms with van der Waals surface area (Å²) in [6, 6.07) is -2.05. The van der Waals surface area contributed by atoms with Crippen molar-refractivity contribution in [3.05, 3.63) is 0 Å². The smallest absolute Gasteiger partial charge is 0.427 e. The number of rotatable bonds is 0. The molecule has 1 rings (SSSR count). The van der Waals surface area contributed by atoms with Gasteiger partial charge in [0, 0.05) is 0 Å². The zero-order chi connectivity index (χ0) is 10.9. The molecule has 1 heterocycles. The molecule has 0 aromatic heterocycles. The Morgan fingerprint density at radius 3 is 2.00 bits per heavy atom. The molecule has 0 fully saturated rings. The van der Waals surface area contributed by atoms with Crippen molar-refractivity contribution in [1.29, 1.82) is 0 Å². The van der Waals surface area contributed by atoms with Crippen LogP contribution in [0.4, 0.5) is 14.4 Å². The van der Waals surface area contributed by atoms with Gasteiger partial charge in [0.2, 0.25) is 0 Å². The number of azo groups is 1. The number of carbonyl (C=O) groups is 3. The molecule has 0 unspecified atom stereocenters. The van der Waals surface area contributed by atoms with Crippen LogP contribution in [0.25, 0.3) is 0 Å². The van der Waals surface area contributed by atoms with Gasteiger partial charge in [0.1, 0.15) is 5.60 Å². The second-order valence-electron chi connectivity index (χ2n) is 3.58. The van der Waals surface area contributed by atoms with Crippen LogP contribution in [0, 0.1) is 0 Å². The number of carbonyl (C=O) groups excluding carboxylic acids is 3.